The van der Waals surface area contributed by atoms with E-state index in [9.17, 15) is 9.59 Å². The highest BCUT2D eigenvalue weighted by molar-refractivity contribution is 7.99. The monoisotopic (exact) mass is 468 g/mol. The summed E-state index contributed by atoms with van der Waals surface area (Å²) in [6, 6.07) is 13.0. The summed E-state index contributed by atoms with van der Waals surface area (Å²) < 4.78 is 12.1. The molecule has 3 aromatic rings. The summed E-state index contributed by atoms with van der Waals surface area (Å²) in [7, 11) is 1.58. The summed E-state index contributed by atoms with van der Waals surface area (Å²) in [5.41, 5.74) is 3.65. The number of nitrogens with zero attached hydrogens (tertiary/aromatic N) is 3. The van der Waals surface area contributed by atoms with Gasteiger partial charge in [-0.05, 0) is 55.7 Å². The average Bonchev–Trinajstić information content (AvgIpc) is 3.23. The first kappa shape index (κ1) is 24.3. The van der Waals surface area contributed by atoms with Crippen LogP contribution < -0.4 is 10.1 Å². The Kier molecular flexibility index (Phi) is 8.48. The van der Waals surface area contributed by atoms with Crippen molar-refractivity contribution in [3.63, 3.8) is 0 Å². The van der Waals surface area contributed by atoms with Crippen molar-refractivity contribution in [1.29, 1.82) is 0 Å². The molecular weight excluding hydrogens is 440 g/mol. The van der Waals surface area contributed by atoms with Crippen LogP contribution in [0.15, 0.2) is 47.6 Å². The molecule has 0 spiro atoms. The first-order valence-corrected chi connectivity index (χ1v) is 11.7. The van der Waals surface area contributed by atoms with E-state index in [-0.39, 0.29) is 24.2 Å². The van der Waals surface area contributed by atoms with E-state index in [4.69, 9.17) is 9.47 Å². The zero-order valence-electron chi connectivity index (χ0n) is 19.3. The quantitative estimate of drug-likeness (QED) is 0.358. The van der Waals surface area contributed by atoms with Crippen molar-refractivity contribution in [3.05, 3.63) is 65.0 Å². The first-order chi connectivity index (χ1) is 16.0. The largest absolute Gasteiger partial charge is 0.497 e. The van der Waals surface area contributed by atoms with Crippen LogP contribution in [-0.4, -0.2) is 46.1 Å². The van der Waals surface area contributed by atoms with Gasteiger partial charge in [0.25, 0.3) is 5.91 Å². The van der Waals surface area contributed by atoms with E-state index in [1.54, 1.807) is 38.3 Å². The van der Waals surface area contributed by atoms with Crippen LogP contribution in [0.5, 0.6) is 5.75 Å². The minimum absolute atomic E-state index is 0.123. The standard InChI is InChI=1S/C24H28N4O4S/c1-5-17-9-7-8-16(3)22(17)28-20(26-27-24(28)33-15-21(29)32-6-2)14-25-23(30)18-10-12-19(31-4)13-11-18/h7-13H,5-6,14-15H2,1-4H3,(H,25,30). The number of para-hydroxylation sites is 1. The number of hydrogen-bond donors (Lipinski definition) is 1. The minimum atomic E-state index is -0.313. The molecule has 0 atom stereocenters. The molecular formula is C24H28N4O4S. The molecule has 1 N–H and O–H groups in total. The summed E-state index contributed by atoms with van der Waals surface area (Å²) >= 11 is 1.26. The molecule has 3 rings (SSSR count). The fraction of sp³-hybridized carbons (Fsp3) is 0.333. The van der Waals surface area contributed by atoms with Crippen LogP contribution in [0, 0.1) is 6.92 Å². The molecule has 0 saturated carbocycles. The van der Waals surface area contributed by atoms with Crippen LogP contribution in [0.25, 0.3) is 5.69 Å². The van der Waals surface area contributed by atoms with Crippen molar-refractivity contribution in [3.8, 4) is 11.4 Å². The number of ether oxygens (including phenoxy) is 2. The number of carbonyl (C=O) groups excluding carboxylic acids is 2. The molecule has 9 heteroatoms. The number of methoxy groups -OCH3 is 1. The van der Waals surface area contributed by atoms with Gasteiger partial charge in [0.1, 0.15) is 5.75 Å². The Morgan fingerprint density at radius 1 is 1.09 bits per heavy atom. The maximum Gasteiger partial charge on any atom is 0.316 e. The minimum Gasteiger partial charge on any atom is -0.497 e. The lowest BCUT2D eigenvalue weighted by molar-refractivity contribution is -0.139. The third-order valence-corrected chi connectivity index (χ3v) is 5.91. The maximum absolute atomic E-state index is 12.7. The highest BCUT2D eigenvalue weighted by atomic mass is 32.2. The van der Waals surface area contributed by atoms with Crippen molar-refractivity contribution < 1.29 is 19.1 Å². The van der Waals surface area contributed by atoms with Gasteiger partial charge in [-0.3, -0.25) is 14.2 Å². The van der Waals surface area contributed by atoms with Gasteiger partial charge in [-0.2, -0.15) is 0 Å². The lowest BCUT2D eigenvalue weighted by atomic mass is 10.1. The topological polar surface area (TPSA) is 95.3 Å². The fourth-order valence-corrected chi connectivity index (χ4v) is 4.14. The molecule has 0 bridgehead atoms. The number of esters is 1. The third-order valence-electron chi connectivity index (χ3n) is 5.01. The fourth-order valence-electron chi connectivity index (χ4n) is 3.39. The van der Waals surface area contributed by atoms with Gasteiger partial charge in [0, 0.05) is 5.56 Å². The lowest BCUT2D eigenvalue weighted by Gasteiger charge is -2.17. The number of nitrogens with one attached hydrogen (secondary N) is 1. The molecule has 0 fully saturated rings. The molecule has 0 radical (unpaired) electrons. The molecule has 1 aromatic heterocycles. The highest BCUT2D eigenvalue weighted by Crippen LogP contribution is 2.27. The summed E-state index contributed by atoms with van der Waals surface area (Å²) in [6.07, 6.45) is 0.814. The molecule has 1 heterocycles. The van der Waals surface area contributed by atoms with Crippen LogP contribution in [0.3, 0.4) is 0 Å². The Morgan fingerprint density at radius 3 is 2.52 bits per heavy atom. The summed E-state index contributed by atoms with van der Waals surface area (Å²) in [4.78, 5) is 24.6. The summed E-state index contributed by atoms with van der Waals surface area (Å²) in [6.45, 7) is 6.38. The predicted molar refractivity (Wildman–Crippen MR) is 127 cm³/mol. The number of carbonyl (C=O) groups is 2. The number of rotatable bonds is 10. The molecule has 0 aliphatic heterocycles. The van der Waals surface area contributed by atoms with Gasteiger partial charge in [-0.15, -0.1) is 10.2 Å². The number of thioether (sulfide) groups is 1. The second kappa shape index (κ2) is 11.5. The maximum atomic E-state index is 12.7. The molecule has 8 nitrogen and oxygen atoms in total. The smallest absolute Gasteiger partial charge is 0.316 e. The molecule has 0 saturated heterocycles. The van der Waals surface area contributed by atoms with Gasteiger partial charge in [-0.1, -0.05) is 36.9 Å². The van der Waals surface area contributed by atoms with Gasteiger partial charge in [0.05, 0.1) is 31.7 Å². The lowest BCUT2D eigenvalue weighted by Crippen LogP contribution is -2.25. The van der Waals surface area contributed by atoms with Crippen LogP contribution in [0.2, 0.25) is 0 Å². The Labute approximate surface area is 197 Å². The number of aromatic nitrogens is 3. The van der Waals surface area contributed by atoms with Gasteiger partial charge in [0.2, 0.25) is 0 Å². The van der Waals surface area contributed by atoms with Crippen LogP contribution in [0.1, 0.15) is 41.2 Å². The average molecular weight is 469 g/mol. The molecule has 0 aliphatic carbocycles. The molecule has 0 unspecified atom stereocenters. The van der Waals surface area contributed by atoms with E-state index < -0.39 is 0 Å². The van der Waals surface area contributed by atoms with Crippen molar-refractivity contribution in [2.45, 2.75) is 38.9 Å². The van der Waals surface area contributed by atoms with E-state index >= 15 is 0 Å². The van der Waals surface area contributed by atoms with E-state index in [2.05, 4.69) is 28.5 Å². The van der Waals surface area contributed by atoms with Crippen molar-refractivity contribution in [2.75, 3.05) is 19.5 Å². The van der Waals surface area contributed by atoms with Crippen LogP contribution in [-0.2, 0) is 22.5 Å². The van der Waals surface area contributed by atoms with E-state index in [0.717, 1.165) is 23.2 Å². The van der Waals surface area contributed by atoms with Gasteiger partial charge in [-0.25, -0.2) is 0 Å². The normalized spacial score (nSPS) is 10.7. The second-order valence-corrected chi connectivity index (χ2v) is 8.12. The predicted octanol–water partition coefficient (Wildman–Crippen LogP) is 3.73. The van der Waals surface area contributed by atoms with Crippen LogP contribution >= 0.6 is 11.8 Å². The molecule has 33 heavy (non-hydrogen) atoms. The van der Waals surface area contributed by atoms with E-state index in [0.29, 0.717) is 28.9 Å². The van der Waals surface area contributed by atoms with Gasteiger partial charge in [0.15, 0.2) is 11.0 Å². The zero-order valence-corrected chi connectivity index (χ0v) is 20.1. The van der Waals surface area contributed by atoms with E-state index in [1.807, 2.05) is 23.6 Å². The highest BCUT2D eigenvalue weighted by Gasteiger charge is 2.20. The third kappa shape index (κ3) is 5.92. The SMILES string of the molecule is CCOC(=O)CSc1nnc(CNC(=O)c2ccc(OC)cc2)n1-c1c(C)cccc1CC. The number of aryl methyl sites for hydroxylation is 2. The van der Waals surface area contributed by atoms with Gasteiger partial charge < -0.3 is 14.8 Å². The number of amides is 1. The van der Waals surface area contributed by atoms with Crippen molar-refractivity contribution in [1.82, 2.24) is 20.1 Å². The van der Waals surface area contributed by atoms with Crippen molar-refractivity contribution in [2.24, 2.45) is 0 Å². The first-order valence-electron chi connectivity index (χ1n) is 10.7. The Bertz CT molecular complexity index is 1110. The molecule has 2 aromatic carbocycles. The summed E-state index contributed by atoms with van der Waals surface area (Å²) in [5, 5.41) is 12.1. The molecule has 1 amide bonds. The van der Waals surface area contributed by atoms with Gasteiger partial charge >= 0.3 is 5.97 Å². The number of benzene rings is 2. The van der Waals surface area contributed by atoms with Crippen molar-refractivity contribution >= 4 is 23.6 Å². The zero-order chi connectivity index (χ0) is 23.8. The van der Waals surface area contributed by atoms with Crippen LogP contribution in [0.4, 0.5) is 0 Å². The number of hydrogen-bond acceptors (Lipinski definition) is 7. The molecule has 174 valence electrons. The summed E-state index contributed by atoms with van der Waals surface area (Å²) in [5.74, 6) is 0.839. The molecule has 0 aliphatic rings. The Hall–Kier alpha value is -3.33. The Balaban J connectivity index is 1.89. The second-order valence-electron chi connectivity index (χ2n) is 7.18. The Morgan fingerprint density at radius 2 is 1.85 bits per heavy atom. The van der Waals surface area contributed by atoms with E-state index in [1.165, 1.54) is 11.8 Å².